The molecule has 152 valence electrons. The van der Waals surface area contributed by atoms with E-state index in [0.717, 1.165) is 30.8 Å². The maximum absolute atomic E-state index is 13.1. The van der Waals surface area contributed by atoms with Crippen LogP contribution in [0, 0.1) is 5.41 Å². The van der Waals surface area contributed by atoms with Crippen molar-refractivity contribution in [2.75, 3.05) is 6.54 Å². The number of hydrogen-bond donors (Lipinski definition) is 1. The van der Waals surface area contributed by atoms with Gasteiger partial charge in [-0.05, 0) is 37.5 Å². The third-order valence-corrected chi connectivity index (χ3v) is 6.28. The maximum atomic E-state index is 13.1. The first kappa shape index (κ1) is 18.6. The normalized spacial score (nSPS) is 20.2. The van der Waals surface area contributed by atoms with Crippen LogP contribution in [0.1, 0.15) is 43.1 Å². The molecule has 1 fully saturated rings. The molecular weight excluding hydrogens is 374 g/mol. The number of nitrogens with zero attached hydrogens (tertiary/aromatic N) is 4. The first-order valence-corrected chi connectivity index (χ1v) is 10.4. The minimum atomic E-state index is -0.232. The number of para-hydroxylation sites is 1. The summed E-state index contributed by atoms with van der Waals surface area (Å²) in [5, 5.41) is 11.6. The highest BCUT2D eigenvalue weighted by Crippen LogP contribution is 2.56. The van der Waals surface area contributed by atoms with Crippen molar-refractivity contribution in [3.63, 3.8) is 0 Å². The summed E-state index contributed by atoms with van der Waals surface area (Å²) >= 11 is 0. The maximum Gasteiger partial charge on any atom is 0.318 e. The van der Waals surface area contributed by atoms with Gasteiger partial charge in [0.25, 0.3) is 0 Å². The van der Waals surface area contributed by atoms with Crippen LogP contribution in [0.5, 0.6) is 0 Å². The van der Waals surface area contributed by atoms with Gasteiger partial charge in [-0.2, -0.15) is 0 Å². The third-order valence-electron chi connectivity index (χ3n) is 6.28. The van der Waals surface area contributed by atoms with E-state index >= 15 is 0 Å². The Hall–Kier alpha value is -3.41. The number of carbonyl (C=O) groups is 1. The van der Waals surface area contributed by atoms with Gasteiger partial charge in [-0.25, -0.2) is 9.48 Å². The predicted octanol–water partition coefficient (Wildman–Crippen LogP) is 4.43. The molecule has 0 bridgehead atoms. The van der Waals surface area contributed by atoms with Crippen LogP contribution in [0.3, 0.4) is 0 Å². The van der Waals surface area contributed by atoms with Crippen molar-refractivity contribution in [3.8, 4) is 5.69 Å². The Bertz CT molecular complexity index is 1050. The van der Waals surface area contributed by atoms with Crippen LogP contribution in [0.15, 0.2) is 79.0 Å². The summed E-state index contributed by atoms with van der Waals surface area (Å²) in [6.45, 7) is 2.72. The van der Waals surface area contributed by atoms with Gasteiger partial charge in [-0.15, -0.1) is 5.10 Å². The molecule has 30 heavy (non-hydrogen) atoms. The largest absolute Gasteiger partial charge is 0.330 e. The Balaban J connectivity index is 1.31. The van der Waals surface area contributed by atoms with E-state index in [1.165, 1.54) is 5.56 Å². The number of amides is 2. The monoisotopic (exact) mass is 399 g/mol. The molecule has 2 atom stereocenters. The molecule has 6 nitrogen and oxygen atoms in total. The fourth-order valence-electron chi connectivity index (χ4n) is 4.69. The van der Waals surface area contributed by atoms with Crippen molar-refractivity contribution in [1.29, 1.82) is 0 Å². The van der Waals surface area contributed by atoms with Crippen molar-refractivity contribution in [2.24, 2.45) is 5.41 Å². The van der Waals surface area contributed by atoms with Crippen LogP contribution in [0.4, 0.5) is 4.79 Å². The highest BCUT2D eigenvalue weighted by molar-refractivity contribution is 5.77. The highest BCUT2D eigenvalue weighted by atomic mass is 16.2. The number of hydrogen-bond acceptors (Lipinski definition) is 3. The van der Waals surface area contributed by atoms with E-state index < -0.39 is 0 Å². The van der Waals surface area contributed by atoms with Gasteiger partial charge >= 0.3 is 6.03 Å². The molecule has 1 aliphatic heterocycles. The van der Waals surface area contributed by atoms with Crippen LogP contribution in [-0.2, 0) is 0 Å². The van der Waals surface area contributed by atoms with E-state index in [-0.39, 0.29) is 23.5 Å². The summed E-state index contributed by atoms with van der Waals surface area (Å²) in [7, 11) is 0. The molecule has 2 amide bonds. The second-order valence-electron chi connectivity index (χ2n) is 8.28. The molecule has 2 aliphatic rings. The van der Waals surface area contributed by atoms with E-state index in [9.17, 15) is 4.79 Å². The number of nitrogens with one attached hydrogen (secondary N) is 1. The Morgan fingerprint density at radius 3 is 2.43 bits per heavy atom. The van der Waals surface area contributed by atoms with Crippen LogP contribution in [0.2, 0.25) is 0 Å². The molecule has 1 aromatic heterocycles. The lowest BCUT2D eigenvalue weighted by Gasteiger charge is -2.56. The molecule has 0 radical (unpaired) electrons. The predicted molar refractivity (Wildman–Crippen MR) is 115 cm³/mol. The molecular formula is C24H25N5O. The molecule has 1 N–H and O–H groups in total. The fourth-order valence-corrected chi connectivity index (χ4v) is 4.69. The number of likely N-dealkylation sites (tertiary alicyclic amines) is 1. The molecule has 2 heterocycles. The van der Waals surface area contributed by atoms with E-state index in [1.807, 2.05) is 66.6 Å². The minimum Gasteiger partial charge on any atom is -0.330 e. The van der Waals surface area contributed by atoms with Crippen molar-refractivity contribution in [2.45, 2.75) is 31.8 Å². The Kier molecular flexibility index (Phi) is 4.62. The van der Waals surface area contributed by atoms with Crippen LogP contribution in [-0.4, -0.2) is 32.5 Å². The van der Waals surface area contributed by atoms with Crippen LogP contribution in [0.25, 0.3) is 5.69 Å². The van der Waals surface area contributed by atoms with Gasteiger partial charge in [-0.3, -0.25) is 0 Å². The van der Waals surface area contributed by atoms with Crippen LogP contribution >= 0.6 is 0 Å². The molecule has 3 aromatic rings. The average Bonchev–Trinajstić information content (AvgIpc) is 3.45. The van der Waals surface area contributed by atoms with E-state index in [1.54, 1.807) is 4.68 Å². The number of aromatic nitrogens is 3. The number of allylic oxidation sites excluding steroid dienone is 2. The van der Waals surface area contributed by atoms with E-state index in [4.69, 9.17) is 0 Å². The molecule has 2 unspecified atom stereocenters. The molecule has 1 aliphatic carbocycles. The lowest BCUT2D eigenvalue weighted by atomic mass is 9.67. The van der Waals surface area contributed by atoms with Crippen molar-refractivity contribution in [3.05, 3.63) is 90.3 Å². The molecule has 5 rings (SSSR count). The third kappa shape index (κ3) is 3.18. The Morgan fingerprint density at radius 1 is 1.07 bits per heavy atom. The zero-order valence-corrected chi connectivity index (χ0v) is 17.0. The summed E-state index contributed by atoms with van der Waals surface area (Å²) in [5.41, 5.74) is 3.02. The van der Waals surface area contributed by atoms with Gasteiger partial charge in [0.1, 0.15) is 5.69 Å². The lowest BCUT2D eigenvalue weighted by Crippen LogP contribution is -2.62. The lowest BCUT2D eigenvalue weighted by molar-refractivity contribution is -0.0358. The second-order valence-corrected chi connectivity index (χ2v) is 8.28. The van der Waals surface area contributed by atoms with Crippen molar-refractivity contribution in [1.82, 2.24) is 25.2 Å². The second kappa shape index (κ2) is 7.44. The molecule has 0 saturated carbocycles. The number of carbonyl (C=O) groups excluding carboxylic acids is 1. The first-order chi connectivity index (χ1) is 14.7. The Labute approximate surface area is 176 Å². The molecule has 6 heteroatoms. The smallest absolute Gasteiger partial charge is 0.318 e. The van der Waals surface area contributed by atoms with Crippen molar-refractivity contribution >= 4 is 6.03 Å². The molecule has 1 spiro atoms. The van der Waals surface area contributed by atoms with Crippen LogP contribution < -0.4 is 5.32 Å². The Morgan fingerprint density at radius 2 is 1.73 bits per heavy atom. The number of urea groups is 1. The number of rotatable bonds is 4. The SMILES string of the molecule is CC(NC(=O)N1CC2(CC=CC2)C1c1ccccc1)c1cn(-c2ccccc2)nn1. The summed E-state index contributed by atoms with van der Waals surface area (Å²) in [4.78, 5) is 15.1. The zero-order chi connectivity index (χ0) is 20.6. The zero-order valence-electron chi connectivity index (χ0n) is 17.0. The van der Waals surface area contributed by atoms with Gasteiger partial charge in [0, 0.05) is 12.0 Å². The summed E-state index contributed by atoms with van der Waals surface area (Å²) in [6.07, 6.45) is 8.41. The molecule has 1 saturated heterocycles. The molecule has 2 aromatic carbocycles. The summed E-state index contributed by atoms with van der Waals surface area (Å²) < 4.78 is 1.73. The van der Waals surface area contributed by atoms with Crippen molar-refractivity contribution < 1.29 is 4.79 Å². The van der Waals surface area contributed by atoms with Gasteiger partial charge in [0.05, 0.1) is 24.0 Å². The first-order valence-electron chi connectivity index (χ1n) is 10.4. The standard InChI is InChI=1S/C24H25N5O/c1-18(21-16-29(27-26-21)20-12-6-3-7-13-20)25-23(30)28-17-24(14-8-9-15-24)22(28)19-10-4-2-5-11-19/h2-13,16,18,22H,14-15,17H2,1H3,(H,25,30). The highest BCUT2D eigenvalue weighted by Gasteiger charge is 2.55. The summed E-state index contributed by atoms with van der Waals surface area (Å²) in [6, 6.07) is 20.0. The number of benzene rings is 2. The van der Waals surface area contributed by atoms with Gasteiger partial charge in [0.15, 0.2) is 0 Å². The van der Waals surface area contributed by atoms with Gasteiger partial charge in [-0.1, -0.05) is 65.9 Å². The van der Waals surface area contributed by atoms with E-state index in [0.29, 0.717) is 0 Å². The average molecular weight is 399 g/mol. The quantitative estimate of drug-likeness (QED) is 0.660. The van der Waals surface area contributed by atoms with E-state index in [2.05, 4.69) is 39.9 Å². The summed E-state index contributed by atoms with van der Waals surface area (Å²) in [5.74, 6) is 0. The topological polar surface area (TPSA) is 63.1 Å². The minimum absolute atomic E-state index is 0.0526. The van der Waals surface area contributed by atoms with Gasteiger partial charge < -0.3 is 10.2 Å². The van der Waals surface area contributed by atoms with Gasteiger partial charge in [0.2, 0.25) is 0 Å². The fraction of sp³-hybridized carbons (Fsp3) is 0.292.